The minimum atomic E-state index is -0.482. The van der Waals surface area contributed by atoms with Gasteiger partial charge in [-0.05, 0) is 24.3 Å². The predicted molar refractivity (Wildman–Crippen MR) is 75.2 cm³/mol. The number of rotatable bonds is 5. The van der Waals surface area contributed by atoms with Gasteiger partial charge in [0.25, 0.3) is 0 Å². The average Bonchev–Trinajstić information content (AvgIpc) is 2.47. The Labute approximate surface area is 116 Å². The van der Waals surface area contributed by atoms with Crippen LogP contribution in [0.4, 0.5) is 0 Å². The second-order valence-electron chi connectivity index (χ2n) is 3.98. The highest BCUT2D eigenvalue weighted by Gasteiger charge is 2.10. The van der Waals surface area contributed by atoms with E-state index >= 15 is 0 Å². The number of esters is 1. The first kappa shape index (κ1) is 13.7. The minimum Gasteiger partial charge on any atom is -0.504 e. The molecule has 0 atom stereocenters. The minimum absolute atomic E-state index is 0.0924. The van der Waals surface area contributed by atoms with E-state index in [9.17, 15) is 9.90 Å². The van der Waals surface area contributed by atoms with E-state index in [0.717, 1.165) is 0 Å². The van der Waals surface area contributed by atoms with Gasteiger partial charge in [-0.1, -0.05) is 30.9 Å². The summed E-state index contributed by atoms with van der Waals surface area (Å²) in [7, 11) is 0. The zero-order chi connectivity index (χ0) is 14.4. The summed E-state index contributed by atoms with van der Waals surface area (Å²) in [5, 5.41) is 9.75. The van der Waals surface area contributed by atoms with Crippen molar-refractivity contribution in [2.24, 2.45) is 0 Å². The van der Waals surface area contributed by atoms with Crippen LogP contribution in [-0.4, -0.2) is 17.7 Å². The van der Waals surface area contributed by atoms with Crippen LogP contribution in [0.2, 0.25) is 0 Å². The third-order valence-corrected chi connectivity index (χ3v) is 2.51. The average molecular weight is 270 g/mol. The molecule has 20 heavy (non-hydrogen) atoms. The summed E-state index contributed by atoms with van der Waals surface area (Å²) < 4.78 is 10.4. The van der Waals surface area contributed by atoms with Gasteiger partial charge in [-0.3, -0.25) is 0 Å². The molecule has 0 aromatic heterocycles. The number of hydrogen-bond donors (Lipinski definition) is 1. The van der Waals surface area contributed by atoms with Crippen LogP contribution in [0.15, 0.2) is 61.2 Å². The first-order valence-corrected chi connectivity index (χ1v) is 6.04. The second kappa shape index (κ2) is 6.43. The molecule has 2 aromatic carbocycles. The molecule has 0 radical (unpaired) electrons. The fourth-order valence-electron chi connectivity index (χ4n) is 1.57. The van der Waals surface area contributed by atoms with E-state index in [2.05, 4.69) is 6.58 Å². The lowest BCUT2D eigenvalue weighted by molar-refractivity contribution is 0.0734. The smallest absolute Gasteiger partial charge is 0.343 e. The number of phenols is 1. The van der Waals surface area contributed by atoms with Crippen molar-refractivity contribution in [2.75, 3.05) is 6.61 Å². The van der Waals surface area contributed by atoms with E-state index < -0.39 is 5.97 Å². The number of carbonyl (C=O) groups excluding carboxylic acids is 1. The van der Waals surface area contributed by atoms with Crippen LogP contribution in [-0.2, 0) is 0 Å². The molecule has 0 heterocycles. The van der Waals surface area contributed by atoms with Gasteiger partial charge in [0, 0.05) is 6.07 Å². The Morgan fingerprint density at radius 1 is 1.20 bits per heavy atom. The molecule has 0 fully saturated rings. The quantitative estimate of drug-likeness (QED) is 0.515. The molecule has 2 aromatic rings. The summed E-state index contributed by atoms with van der Waals surface area (Å²) in [5.41, 5.74) is 0.443. The van der Waals surface area contributed by atoms with Crippen LogP contribution in [0.1, 0.15) is 10.4 Å². The molecule has 4 heteroatoms. The molecule has 2 rings (SSSR count). The van der Waals surface area contributed by atoms with Gasteiger partial charge < -0.3 is 14.6 Å². The number of aromatic hydroxyl groups is 1. The van der Waals surface area contributed by atoms with E-state index in [-0.39, 0.29) is 18.1 Å². The van der Waals surface area contributed by atoms with Crippen molar-refractivity contribution < 1.29 is 19.4 Å². The molecule has 1 N–H and O–H groups in total. The van der Waals surface area contributed by atoms with Crippen LogP contribution in [0.5, 0.6) is 17.2 Å². The first-order valence-electron chi connectivity index (χ1n) is 6.04. The van der Waals surface area contributed by atoms with Crippen molar-refractivity contribution in [3.63, 3.8) is 0 Å². The van der Waals surface area contributed by atoms with Crippen LogP contribution in [0.3, 0.4) is 0 Å². The molecule has 0 saturated carbocycles. The van der Waals surface area contributed by atoms with Crippen LogP contribution in [0.25, 0.3) is 0 Å². The van der Waals surface area contributed by atoms with E-state index in [0.29, 0.717) is 11.3 Å². The lowest BCUT2D eigenvalue weighted by atomic mass is 10.2. The van der Waals surface area contributed by atoms with E-state index in [1.807, 2.05) is 6.07 Å². The largest absolute Gasteiger partial charge is 0.504 e. The highest BCUT2D eigenvalue weighted by atomic mass is 16.5. The third-order valence-electron chi connectivity index (χ3n) is 2.51. The van der Waals surface area contributed by atoms with Gasteiger partial charge in [0.05, 0.1) is 5.56 Å². The molecule has 102 valence electrons. The molecular formula is C16H14O4. The van der Waals surface area contributed by atoms with Gasteiger partial charge in [0.2, 0.25) is 0 Å². The second-order valence-corrected chi connectivity index (χ2v) is 3.98. The third kappa shape index (κ3) is 3.38. The highest BCUT2D eigenvalue weighted by Crippen LogP contribution is 2.30. The molecule has 0 aliphatic rings. The zero-order valence-electron chi connectivity index (χ0n) is 10.8. The van der Waals surface area contributed by atoms with Gasteiger partial charge in [-0.15, -0.1) is 0 Å². The SMILES string of the molecule is C=CCOc1ccc(OC(=O)c2ccccc2)cc1O. The van der Waals surface area contributed by atoms with Crippen LogP contribution in [0, 0.1) is 0 Å². The molecule has 4 nitrogen and oxygen atoms in total. The lowest BCUT2D eigenvalue weighted by Crippen LogP contribution is -2.08. The van der Waals surface area contributed by atoms with Crippen molar-refractivity contribution in [1.29, 1.82) is 0 Å². The molecule has 0 spiro atoms. The lowest BCUT2D eigenvalue weighted by Gasteiger charge is -2.08. The maximum atomic E-state index is 11.8. The number of phenolic OH excluding ortho intramolecular Hbond substituents is 1. The number of carbonyl (C=O) groups is 1. The van der Waals surface area contributed by atoms with E-state index in [1.54, 1.807) is 36.4 Å². The van der Waals surface area contributed by atoms with Crippen molar-refractivity contribution in [3.8, 4) is 17.2 Å². The summed E-state index contributed by atoms with van der Waals surface area (Å²) in [6, 6.07) is 13.0. The Bertz CT molecular complexity index is 605. The van der Waals surface area contributed by atoms with Crippen molar-refractivity contribution in [1.82, 2.24) is 0 Å². The molecule has 0 aliphatic heterocycles. The van der Waals surface area contributed by atoms with Gasteiger partial charge in [-0.25, -0.2) is 4.79 Å². The van der Waals surface area contributed by atoms with Gasteiger partial charge in [0.1, 0.15) is 12.4 Å². The van der Waals surface area contributed by atoms with Crippen LogP contribution >= 0.6 is 0 Å². The Hall–Kier alpha value is -2.75. The predicted octanol–water partition coefficient (Wildman–Crippen LogP) is 3.18. The Kier molecular flexibility index (Phi) is 4.39. The van der Waals surface area contributed by atoms with Gasteiger partial charge in [0.15, 0.2) is 11.5 Å². The van der Waals surface area contributed by atoms with Crippen molar-refractivity contribution in [2.45, 2.75) is 0 Å². The topological polar surface area (TPSA) is 55.8 Å². The summed E-state index contributed by atoms with van der Waals surface area (Å²) in [5.74, 6) is -0.0123. The Balaban J connectivity index is 2.09. The maximum Gasteiger partial charge on any atom is 0.343 e. The highest BCUT2D eigenvalue weighted by molar-refractivity contribution is 5.91. The van der Waals surface area contributed by atoms with E-state index in [4.69, 9.17) is 9.47 Å². The van der Waals surface area contributed by atoms with Gasteiger partial charge >= 0.3 is 5.97 Å². The van der Waals surface area contributed by atoms with Crippen LogP contribution < -0.4 is 9.47 Å². The fraction of sp³-hybridized carbons (Fsp3) is 0.0625. The zero-order valence-corrected chi connectivity index (χ0v) is 10.8. The molecule has 0 bridgehead atoms. The fourth-order valence-corrected chi connectivity index (χ4v) is 1.57. The standard InChI is InChI=1S/C16H14O4/c1-2-10-19-15-9-8-13(11-14(15)17)20-16(18)12-6-4-3-5-7-12/h2-9,11,17H,1,10H2. The summed E-state index contributed by atoms with van der Waals surface area (Å²) in [6.45, 7) is 3.81. The number of benzene rings is 2. The van der Waals surface area contributed by atoms with Gasteiger partial charge in [-0.2, -0.15) is 0 Å². The van der Waals surface area contributed by atoms with Crippen molar-refractivity contribution in [3.05, 3.63) is 66.7 Å². The monoisotopic (exact) mass is 270 g/mol. The Morgan fingerprint density at radius 3 is 2.60 bits per heavy atom. The van der Waals surface area contributed by atoms with Crippen molar-refractivity contribution >= 4 is 5.97 Å². The summed E-state index contributed by atoms with van der Waals surface area (Å²) in [4.78, 5) is 11.8. The molecule has 0 saturated heterocycles. The number of ether oxygens (including phenoxy) is 2. The first-order chi connectivity index (χ1) is 9.70. The normalized spacial score (nSPS) is 9.80. The van der Waals surface area contributed by atoms with E-state index in [1.165, 1.54) is 12.1 Å². The maximum absolute atomic E-state index is 11.8. The molecular weight excluding hydrogens is 256 g/mol. The molecule has 0 unspecified atom stereocenters. The summed E-state index contributed by atoms with van der Waals surface area (Å²) in [6.07, 6.45) is 1.57. The molecule has 0 aliphatic carbocycles. The Morgan fingerprint density at radius 2 is 1.95 bits per heavy atom. The number of hydrogen-bond acceptors (Lipinski definition) is 4. The summed E-state index contributed by atoms with van der Waals surface area (Å²) >= 11 is 0. The molecule has 0 amide bonds.